The van der Waals surface area contributed by atoms with Crippen molar-refractivity contribution in [3.05, 3.63) is 51.2 Å². The zero-order valence-corrected chi connectivity index (χ0v) is 13.0. The van der Waals surface area contributed by atoms with Crippen LogP contribution in [0.2, 0.25) is 5.02 Å². The van der Waals surface area contributed by atoms with Crippen LogP contribution in [-0.2, 0) is 0 Å². The third-order valence-electron chi connectivity index (χ3n) is 2.99. The van der Waals surface area contributed by atoms with Crippen molar-refractivity contribution in [2.24, 2.45) is 4.99 Å². The lowest BCUT2D eigenvalue weighted by Crippen LogP contribution is -2.21. The molecule has 1 aromatic heterocycles. The van der Waals surface area contributed by atoms with Crippen molar-refractivity contribution in [2.75, 3.05) is 20.6 Å². The average Bonchev–Trinajstić information content (AvgIpc) is 2.91. The molecular weight excluding hydrogens is 292 g/mol. The molecule has 106 valence electrons. The van der Waals surface area contributed by atoms with E-state index in [0.717, 1.165) is 0 Å². The summed E-state index contributed by atoms with van der Waals surface area (Å²) >= 11 is 7.64. The van der Waals surface area contributed by atoms with Gasteiger partial charge in [0.05, 0.1) is 12.6 Å². The van der Waals surface area contributed by atoms with Gasteiger partial charge in [-0.25, -0.2) is 0 Å². The Morgan fingerprint density at radius 1 is 1.40 bits per heavy atom. The number of aromatic hydroxyl groups is 1. The first kappa shape index (κ1) is 15.0. The minimum atomic E-state index is 0.190. The highest BCUT2D eigenvalue weighted by Gasteiger charge is 2.13. The third kappa shape index (κ3) is 3.82. The summed E-state index contributed by atoms with van der Waals surface area (Å²) in [6.07, 6.45) is 1.67. The molecule has 0 saturated heterocycles. The molecule has 3 nitrogen and oxygen atoms in total. The topological polar surface area (TPSA) is 35.8 Å². The SMILES string of the molecule is CN(C)[C@@H](CN=Cc1cc(Cl)ccc1O)c1cccs1. The van der Waals surface area contributed by atoms with Crippen LogP contribution >= 0.6 is 22.9 Å². The molecule has 0 radical (unpaired) electrons. The Labute approximate surface area is 128 Å². The van der Waals surface area contributed by atoms with Gasteiger partial charge in [0.2, 0.25) is 0 Å². The highest BCUT2D eigenvalue weighted by atomic mass is 35.5. The predicted octanol–water partition coefficient (Wildman–Crippen LogP) is 3.83. The molecule has 5 heteroatoms. The number of hydrogen-bond donors (Lipinski definition) is 1. The number of halogens is 1. The number of hydrogen-bond acceptors (Lipinski definition) is 4. The van der Waals surface area contributed by atoms with Gasteiger partial charge >= 0.3 is 0 Å². The summed E-state index contributed by atoms with van der Waals surface area (Å²) in [6, 6.07) is 9.34. The molecule has 0 unspecified atom stereocenters. The second kappa shape index (κ2) is 6.88. The van der Waals surface area contributed by atoms with E-state index < -0.39 is 0 Å². The Balaban J connectivity index is 2.09. The van der Waals surface area contributed by atoms with E-state index in [2.05, 4.69) is 21.3 Å². The molecule has 0 saturated carbocycles. The summed E-state index contributed by atoms with van der Waals surface area (Å²) in [5.74, 6) is 0.190. The molecule has 0 bridgehead atoms. The van der Waals surface area contributed by atoms with Gasteiger partial charge in [0.1, 0.15) is 5.75 Å². The molecule has 20 heavy (non-hydrogen) atoms. The zero-order valence-electron chi connectivity index (χ0n) is 11.5. The molecule has 0 spiro atoms. The lowest BCUT2D eigenvalue weighted by atomic mass is 10.2. The molecule has 0 aliphatic heterocycles. The second-order valence-electron chi connectivity index (χ2n) is 4.69. The molecular formula is C15H17ClN2OS. The fourth-order valence-corrected chi connectivity index (χ4v) is 2.96. The fourth-order valence-electron chi connectivity index (χ4n) is 1.87. The van der Waals surface area contributed by atoms with E-state index in [-0.39, 0.29) is 11.8 Å². The van der Waals surface area contributed by atoms with E-state index in [9.17, 15) is 5.11 Å². The summed E-state index contributed by atoms with van der Waals surface area (Å²) in [5, 5.41) is 12.4. The van der Waals surface area contributed by atoms with Crippen LogP contribution in [0.4, 0.5) is 0 Å². The Morgan fingerprint density at radius 3 is 2.85 bits per heavy atom. The summed E-state index contributed by atoms with van der Waals surface area (Å²) in [5.41, 5.74) is 0.640. The monoisotopic (exact) mass is 308 g/mol. The Kier molecular flexibility index (Phi) is 5.17. The number of phenolic OH excluding ortho intramolecular Hbond substituents is 1. The van der Waals surface area contributed by atoms with Gasteiger partial charge in [-0.15, -0.1) is 11.3 Å². The molecule has 1 heterocycles. The maximum Gasteiger partial charge on any atom is 0.124 e. The fraction of sp³-hybridized carbons (Fsp3) is 0.267. The minimum Gasteiger partial charge on any atom is -0.507 e. The molecule has 0 fully saturated rings. The van der Waals surface area contributed by atoms with E-state index in [0.29, 0.717) is 17.1 Å². The van der Waals surface area contributed by atoms with Crippen molar-refractivity contribution in [1.29, 1.82) is 0 Å². The van der Waals surface area contributed by atoms with Crippen molar-refractivity contribution < 1.29 is 5.11 Å². The smallest absolute Gasteiger partial charge is 0.124 e. The summed E-state index contributed by atoms with van der Waals surface area (Å²) in [6.45, 7) is 0.638. The van der Waals surface area contributed by atoms with E-state index >= 15 is 0 Å². The van der Waals surface area contributed by atoms with Crippen molar-refractivity contribution in [1.82, 2.24) is 4.90 Å². The first-order valence-corrected chi connectivity index (χ1v) is 7.52. The van der Waals surface area contributed by atoms with Gasteiger partial charge in [-0.2, -0.15) is 0 Å². The van der Waals surface area contributed by atoms with Crippen molar-refractivity contribution in [3.63, 3.8) is 0 Å². The molecule has 1 N–H and O–H groups in total. The van der Waals surface area contributed by atoms with Crippen molar-refractivity contribution in [3.8, 4) is 5.75 Å². The van der Waals surface area contributed by atoms with Crippen LogP contribution < -0.4 is 0 Å². The number of nitrogens with zero attached hydrogens (tertiary/aromatic N) is 2. The number of rotatable bonds is 5. The van der Waals surface area contributed by atoms with Gasteiger partial charge in [0.15, 0.2) is 0 Å². The van der Waals surface area contributed by atoms with Crippen molar-refractivity contribution >= 4 is 29.2 Å². The standard InChI is InChI=1S/C15H17ClN2OS/c1-18(2)13(15-4-3-7-20-15)10-17-9-11-8-12(16)5-6-14(11)19/h3-9,13,19H,10H2,1-2H3/t13-/m0/s1. The van der Waals surface area contributed by atoms with Crippen molar-refractivity contribution in [2.45, 2.75) is 6.04 Å². The van der Waals surface area contributed by atoms with Gasteiger partial charge in [-0.05, 0) is 43.7 Å². The number of likely N-dealkylation sites (N-methyl/N-ethyl adjacent to an activating group) is 1. The van der Waals surface area contributed by atoms with Gasteiger partial charge in [-0.3, -0.25) is 4.99 Å². The first-order valence-electron chi connectivity index (χ1n) is 6.26. The summed E-state index contributed by atoms with van der Waals surface area (Å²) in [4.78, 5) is 7.86. The van der Waals surface area contributed by atoms with Crippen LogP contribution in [0, 0.1) is 0 Å². The van der Waals surface area contributed by atoms with Crippen LogP contribution in [0.25, 0.3) is 0 Å². The van der Waals surface area contributed by atoms with Crippen LogP contribution in [0.5, 0.6) is 5.75 Å². The van der Waals surface area contributed by atoms with Crippen LogP contribution in [-0.4, -0.2) is 36.9 Å². The van der Waals surface area contributed by atoms with Crippen LogP contribution in [0.3, 0.4) is 0 Å². The van der Waals surface area contributed by atoms with E-state index in [1.165, 1.54) is 4.88 Å². The average molecular weight is 309 g/mol. The first-order chi connectivity index (χ1) is 9.58. The maximum absolute atomic E-state index is 9.74. The van der Waals surface area contributed by atoms with Crippen LogP contribution in [0.15, 0.2) is 40.7 Å². The molecule has 0 aliphatic carbocycles. The molecule has 1 atom stereocenters. The highest BCUT2D eigenvalue weighted by molar-refractivity contribution is 7.10. The normalized spacial score (nSPS) is 13.2. The lowest BCUT2D eigenvalue weighted by Gasteiger charge is -2.21. The van der Waals surface area contributed by atoms with E-state index in [4.69, 9.17) is 11.6 Å². The second-order valence-corrected chi connectivity index (χ2v) is 6.11. The molecule has 2 aromatic rings. The third-order valence-corrected chi connectivity index (χ3v) is 4.20. The van der Waals surface area contributed by atoms with Gasteiger partial charge in [-0.1, -0.05) is 17.7 Å². The van der Waals surface area contributed by atoms with E-state index in [1.54, 1.807) is 35.8 Å². The number of phenols is 1. The Bertz CT molecular complexity index is 582. The predicted molar refractivity (Wildman–Crippen MR) is 86.3 cm³/mol. The Hall–Kier alpha value is -1.36. The molecule has 0 aliphatic rings. The number of aliphatic imine (C=N–C) groups is 1. The van der Waals surface area contributed by atoms with E-state index in [1.807, 2.05) is 20.2 Å². The Morgan fingerprint density at radius 2 is 2.20 bits per heavy atom. The number of benzene rings is 1. The quantitative estimate of drug-likeness (QED) is 0.852. The molecule has 2 rings (SSSR count). The summed E-state index contributed by atoms with van der Waals surface area (Å²) < 4.78 is 0. The number of thiophene rings is 1. The summed E-state index contributed by atoms with van der Waals surface area (Å²) in [7, 11) is 4.08. The molecule has 0 amide bonds. The highest BCUT2D eigenvalue weighted by Crippen LogP contribution is 2.24. The molecule has 1 aromatic carbocycles. The zero-order chi connectivity index (χ0) is 14.5. The minimum absolute atomic E-state index is 0.190. The largest absolute Gasteiger partial charge is 0.507 e. The van der Waals surface area contributed by atoms with Gasteiger partial charge in [0, 0.05) is 21.7 Å². The van der Waals surface area contributed by atoms with Gasteiger partial charge < -0.3 is 10.0 Å². The van der Waals surface area contributed by atoms with Crippen LogP contribution in [0.1, 0.15) is 16.5 Å². The van der Waals surface area contributed by atoms with Gasteiger partial charge in [0.25, 0.3) is 0 Å². The lowest BCUT2D eigenvalue weighted by molar-refractivity contribution is 0.311. The maximum atomic E-state index is 9.74.